The van der Waals surface area contributed by atoms with Crippen LogP contribution >= 0.6 is 22.6 Å². The number of aliphatic carboxylic acids is 1. The SMILES string of the molecule is CC(C)(CCNC(=O)Cc1cccc(I)c1)C(=O)O. The van der Waals surface area contributed by atoms with E-state index in [9.17, 15) is 9.59 Å². The smallest absolute Gasteiger partial charge is 0.309 e. The van der Waals surface area contributed by atoms with E-state index in [0.717, 1.165) is 9.13 Å². The highest BCUT2D eigenvalue weighted by atomic mass is 127. The largest absolute Gasteiger partial charge is 0.481 e. The lowest BCUT2D eigenvalue weighted by molar-refractivity contribution is -0.147. The minimum absolute atomic E-state index is 0.0804. The van der Waals surface area contributed by atoms with Crippen LogP contribution in [0, 0.1) is 8.99 Å². The lowest BCUT2D eigenvalue weighted by atomic mass is 9.90. The van der Waals surface area contributed by atoms with Crippen LogP contribution in [0.1, 0.15) is 25.8 Å². The van der Waals surface area contributed by atoms with Gasteiger partial charge < -0.3 is 10.4 Å². The maximum Gasteiger partial charge on any atom is 0.309 e. The van der Waals surface area contributed by atoms with Gasteiger partial charge >= 0.3 is 5.97 Å². The number of carboxylic acid groups (broad SMARTS) is 1. The van der Waals surface area contributed by atoms with Crippen molar-refractivity contribution in [2.45, 2.75) is 26.7 Å². The number of rotatable bonds is 6. The molecule has 0 fully saturated rings. The Balaban J connectivity index is 2.39. The monoisotopic (exact) mass is 375 g/mol. The minimum Gasteiger partial charge on any atom is -0.481 e. The quantitative estimate of drug-likeness (QED) is 0.751. The van der Waals surface area contributed by atoms with Crippen LogP contribution < -0.4 is 5.32 Å². The van der Waals surface area contributed by atoms with Crippen molar-refractivity contribution in [1.82, 2.24) is 5.32 Å². The molecule has 1 amide bonds. The van der Waals surface area contributed by atoms with Crippen LogP contribution in [0.3, 0.4) is 0 Å². The van der Waals surface area contributed by atoms with Gasteiger partial charge in [-0.2, -0.15) is 0 Å². The predicted octanol–water partition coefficient (Wildman–Crippen LogP) is 2.45. The first-order valence-corrected chi connectivity index (χ1v) is 7.14. The lowest BCUT2D eigenvalue weighted by Gasteiger charge is -2.18. The van der Waals surface area contributed by atoms with Crippen molar-refractivity contribution in [3.63, 3.8) is 0 Å². The summed E-state index contributed by atoms with van der Waals surface area (Å²) in [6, 6.07) is 7.75. The topological polar surface area (TPSA) is 66.4 Å². The van der Waals surface area contributed by atoms with E-state index in [1.165, 1.54) is 0 Å². The summed E-state index contributed by atoms with van der Waals surface area (Å²) in [5.74, 6) is -0.928. The molecule has 1 aromatic rings. The van der Waals surface area contributed by atoms with Crippen LogP contribution in [0.2, 0.25) is 0 Å². The van der Waals surface area contributed by atoms with Crippen molar-refractivity contribution >= 4 is 34.5 Å². The fourth-order valence-corrected chi connectivity index (χ4v) is 2.12. The van der Waals surface area contributed by atoms with Crippen molar-refractivity contribution < 1.29 is 14.7 Å². The summed E-state index contributed by atoms with van der Waals surface area (Å²) in [4.78, 5) is 22.6. The second-order valence-electron chi connectivity index (χ2n) is 5.10. The number of carbonyl (C=O) groups excluding carboxylic acids is 1. The van der Waals surface area contributed by atoms with Crippen molar-refractivity contribution in [2.24, 2.45) is 5.41 Å². The second kappa shape index (κ2) is 6.88. The number of carbonyl (C=O) groups is 2. The summed E-state index contributed by atoms with van der Waals surface area (Å²) in [5.41, 5.74) is 0.150. The molecule has 0 unspecified atom stereocenters. The van der Waals surface area contributed by atoms with Gasteiger partial charge in [0.05, 0.1) is 11.8 Å². The van der Waals surface area contributed by atoms with E-state index in [0.29, 0.717) is 19.4 Å². The Morgan fingerprint density at radius 1 is 1.37 bits per heavy atom. The molecule has 0 atom stereocenters. The van der Waals surface area contributed by atoms with Crippen LogP contribution in [0.25, 0.3) is 0 Å². The molecule has 0 radical (unpaired) electrons. The molecular weight excluding hydrogens is 357 g/mol. The molecule has 0 aliphatic carbocycles. The first-order valence-electron chi connectivity index (χ1n) is 6.06. The zero-order valence-electron chi connectivity index (χ0n) is 11.1. The lowest BCUT2D eigenvalue weighted by Crippen LogP contribution is -2.32. The fourth-order valence-electron chi connectivity index (χ4n) is 1.52. The van der Waals surface area contributed by atoms with Crippen molar-refractivity contribution in [2.75, 3.05) is 6.54 Å². The van der Waals surface area contributed by atoms with Gasteiger partial charge in [0, 0.05) is 10.1 Å². The molecular formula is C14H18INO3. The standard InChI is InChI=1S/C14H18INO3/c1-14(2,13(18)19)6-7-16-12(17)9-10-4-3-5-11(15)8-10/h3-5,8H,6-7,9H2,1-2H3,(H,16,17)(H,18,19). The number of nitrogens with one attached hydrogen (secondary N) is 1. The molecule has 2 N–H and O–H groups in total. The van der Waals surface area contributed by atoms with Gasteiger partial charge in [0.1, 0.15) is 0 Å². The molecule has 0 aliphatic heterocycles. The van der Waals surface area contributed by atoms with Gasteiger partial charge in [-0.25, -0.2) is 0 Å². The minimum atomic E-state index is -0.848. The zero-order chi connectivity index (χ0) is 14.5. The second-order valence-corrected chi connectivity index (χ2v) is 6.34. The summed E-state index contributed by atoms with van der Waals surface area (Å²) >= 11 is 2.20. The molecule has 0 bridgehead atoms. The molecule has 4 nitrogen and oxygen atoms in total. The van der Waals surface area contributed by atoms with Crippen molar-refractivity contribution in [3.05, 3.63) is 33.4 Å². The van der Waals surface area contributed by atoms with Crippen molar-refractivity contribution in [3.8, 4) is 0 Å². The van der Waals surface area contributed by atoms with E-state index in [-0.39, 0.29) is 5.91 Å². The van der Waals surface area contributed by atoms with Gasteiger partial charge in [0.2, 0.25) is 5.91 Å². The van der Waals surface area contributed by atoms with E-state index in [1.54, 1.807) is 13.8 Å². The first kappa shape index (κ1) is 15.9. The van der Waals surface area contributed by atoms with Crippen LogP contribution in [0.5, 0.6) is 0 Å². The molecule has 0 saturated heterocycles. The zero-order valence-corrected chi connectivity index (χ0v) is 13.2. The maximum absolute atomic E-state index is 11.7. The van der Waals surface area contributed by atoms with Gasteiger partial charge in [0.25, 0.3) is 0 Å². The molecule has 0 spiro atoms. The van der Waals surface area contributed by atoms with Gasteiger partial charge in [-0.15, -0.1) is 0 Å². The third-order valence-corrected chi connectivity index (χ3v) is 3.58. The van der Waals surface area contributed by atoms with Crippen molar-refractivity contribution in [1.29, 1.82) is 0 Å². The summed E-state index contributed by atoms with van der Waals surface area (Å²) in [7, 11) is 0. The summed E-state index contributed by atoms with van der Waals surface area (Å²) in [5, 5.41) is 11.7. The van der Waals surface area contributed by atoms with E-state index in [2.05, 4.69) is 27.9 Å². The molecule has 19 heavy (non-hydrogen) atoms. The highest BCUT2D eigenvalue weighted by Crippen LogP contribution is 2.19. The molecule has 1 aromatic carbocycles. The van der Waals surface area contributed by atoms with Gasteiger partial charge in [0.15, 0.2) is 0 Å². The highest BCUT2D eigenvalue weighted by molar-refractivity contribution is 14.1. The predicted molar refractivity (Wildman–Crippen MR) is 81.9 cm³/mol. The summed E-state index contributed by atoms with van der Waals surface area (Å²) in [6.45, 7) is 3.68. The Kier molecular flexibility index (Phi) is 5.78. The molecule has 104 valence electrons. The van der Waals surface area contributed by atoms with E-state index < -0.39 is 11.4 Å². The maximum atomic E-state index is 11.7. The number of benzene rings is 1. The van der Waals surface area contributed by atoms with Gasteiger partial charge in [-0.05, 0) is 60.6 Å². The summed E-state index contributed by atoms with van der Waals surface area (Å²) in [6.07, 6.45) is 0.741. The normalized spacial score (nSPS) is 11.1. The van der Waals surface area contributed by atoms with Crippen LogP contribution in [0.4, 0.5) is 0 Å². The number of hydrogen-bond acceptors (Lipinski definition) is 2. The Bertz CT molecular complexity index is 472. The van der Waals surface area contributed by atoms with Crippen LogP contribution in [-0.2, 0) is 16.0 Å². The number of amides is 1. The average Bonchev–Trinajstić information content (AvgIpc) is 2.28. The van der Waals surface area contributed by atoms with E-state index in [1.807, 2.05) is 24.3 Å². The van der Waals surface area contributed by atoms with Gasteiger partial charge in [-0.1, -0.05) is 12.1 Å². The molecule has 0 heterocycles. The fraction of sp³-hybridized carbons (Fsp3) is 0.429. The Labute approximate surface area is 126 Å². The van der Waals surface area contributed by atoms with Crippen LogP contribution in [0.15, 0.2) is 24.3 Å². The van der Waals surface area contributed by atoms with Crippen LogP contribution in [-0.4, -0.2) is 23.5 Å². The average molecular weight is 375 g/mol. The molecule has 1 rings (SSSR count). The first-order chi connectivity index (χ1) is 8.81. The number of halogens is 1. The highest BCUT2D eigenvalue weighted by Gasteiger charge is 2.26. The molecule has 0 aliphatic rings. The van der Waals surface area contributed by atoms with Gasteiger partial charge in [-0.3, -0.25) is 9.59 Å². The number of carboxylic acids is 1. The molecule has 5 heteroatoms. The Morgan fingerprint density at radius 3 is 2.63 bits per heavy atom. The number of hydrogen-bond donors (Lipinski definition) is 2. The third kappa shape index (κ3) is 5.59. The van der Waals surface area contributed by atoms with E-state index >= 15 is 0 Å². The third-order valence-electron chi connectivity index (χ3n) is 2.90. The van der Waals surface area contributed by atoms with E-state index in [4.69, 9.17) is 5.11 Å². The Morgan fingerprint density at radius 2 is 2.05 bits per heavy atom. The summed E-state index contributed by atoms with van der Waals surface area (Å²) < 4.78 is 1.09. The molecule has 0 aromatic heterocycles. The Hall–Kier alpha value is -1.11. The molecule has 0 saturated carbocycles.